The number of hydrogen-bond acceptors (Lipinski definition) is 4. The van der Waals surface area contributed by atoms with Crippen LogP contribution < -0.4 is 16.0 Å². The van der Waals surface area contributed by atoms with Crippen molar-refractivity contribution >= 4 is 23.1 Å². The fourth-order valence-corrected chi connectivity index (χ4v) is 4.08. The Morgan fingerprint density at radius 2 is 1.76 bits per heavy atom. The Morgan fingerprint density at radius 1 is 1.03 bits per heavy atom. The van der Waals surface area contributed by atoms with Crippen molar-refractivity contribution in [2.45, 2.75) is 50.6 Å². The number of rotatable bonds is 8. The zero-order chi connectivity index (χ0) is 23.4. The van der Waals surface area contributed by atoms with E-state index in [9.17, 15) is 22.4 Å². The molecule has 0 spiro atoms. The van der Waals surface area contributed by atoms with Gasteiger partial charge in [-0.25, -0.2) is 22.5 Å². The standard InChI is InChI=1S/C23H25F4N5O/c24-19(25)12-28-17-4-1-3-14(11-17)23(33)30-16-9-7-15(8-10-16)29-20-5-2-6-21-31-18(22(26)27)13-32(20)21/h1-6,11,13,15-16,19,22,28-29H,7-10,12H2,(H,30,33). The Bertz CT molecular complexity index is 1100. The Labute approximate surface area is 188 Å². The van der Waals surface area contributed by atoms with Gasteiger partial charge in [0.2, 0.25) is 0 Å². The van der Waals surface area contributed by atoms with Gasteiger partial charge in [0, 0.05) is 29.5 Å². The molecule has 2 aromatic heterocycles. The molecule has 33 heavy (non-hydrogen) atoms. The second-order valence-electron chi connectivity index (χ2n) is 8.12. The average Bonchev–Trinajstić information content (AvgIpc) is 3.25. The molecule has 10 heteroatoms. The molecule has 0 saturated heterocycles. The first-order valence-electron chi connectivity index (χ1n) is 10.8. The molecule has 0 radical (unpaired) electrons. The van der Waals surface area contributed by atoms with E-state index in [-0.39, 0.29) is 23.7 Å². The maximum absolute atomic E-state index is 13.0. The summed E-state index contributed by atoms with van der Waals surface area (Å²) in [6.07, 6.45) is -0.639. The maximum atomic E-state index is 13.0. The van der Waals surface area contributed by atoms with Crippen molar-refractivity contribution in [3.63, 3.8) is 0 Å². The van der Waals surface area contributed by atoms with E-state index in [4.69, 9.17) is 0 Å². The number of halogens is 4. The summed E-state index contributed by atoms with van der Waals surface area (Å²) >= 11 is 0. The molecule has 0 unspecified atom stereocenters. The summed E-state index contributed by atoms with van der Waals surface area (Å²) in [6, 6.07) is 11.9. The highest BCUT2D eigenvalue weighted by molar-refractivity contribution is 5.95. The quantitative estimate of drug-likeness (QED) is 0.407. The van der Waals surface area contributed by atoms with Gasteiger partial charge in [0.1, 0.15) is 17.2 Å². The molecule has 176 valence electrons. The van der Waals surface area contributed by atoms with Crippen molar-refractivity contribution in [1.82, 2.24) is 14.7 Å². The minimum Gasteiger partial charge on any atom is -0.379 e. The van der Waals surface area contributed by atoms with Crippen molar-refractivity contribution in [2.24, 2.45) is 0 Å². The van der Waals surface area contributed by atoms with E-state index < -0.39 is 19.4 Å². The van der Waals surface area contributed by atoms with E-state index in [1.54, 1.807) is 40.8 Å². The van der Waals surface area contributed by atoms with Crippen LogP contribution in [0, 0.1) is 0 Å². The molecule has 0 bridgehead atoms. The van der Waals surface area contributed by atoms with Gasteiger partial charge >= 0.3 is 0 Å². The number of nitrogens with zero attached hydrogens (tertiary/aromatic N) is 2. The average molecular weight is 463 g/mol. The second kappa shape index (κ2) is 10.1. The number of fused-ring (bicyclic) bond motifs is 1. The Kier molecular flexibility index (Phi) is 7.00. The summed E-state index contributed by atoms with van der Waals surface area (Å²) in [5, 5.41) is 9.03. The van der Waals surface area contributed by atoms with Gasteiger partial charge in [-0.3, -0.25) is 9.20 Å². The predicted molar refractivity (Wildman–Crippen MR) is 118 cm³/mol. The van der Waals surface area contributed by atoms with Crippen LogP contribution in [0.4, 0.5) is 29.1 Å². The molecule has 6 nitrogen and oxygen atoms in total. The number of amides is 1. The first kappa shape index (κ1) is 22.9. The number of anilines is 2. The molecular weight excluding hydrogens is 438 g/mol. The first-order valence-corrected chi connectivity index (χ1v) is 10.8. The van der Waals surface area contributed by atoms with E-state index in [2.05, 4.69) is 20.9 Å². The van der Waals surface area contributed by atoms with Gasteiger partial charge in [0.05, 0.1) is 6.54 Å². The topological polar surface area (TPSA) is 70.5 Å². The number of nitrogens with one attached hydrogen (secondary N) is 3. The van der Waals surface area contributed by atoms with Gasteiger partial charge in [-0.2, -0.15) is 0 Å². The van der Waals surface area contributed by atoms with Gasteiger partial charge in [-0.05, 0) is 56.0 Å². The van der Waals surface area contributed by atoms with Crippen LogP contribution >= 0.6 is 0 Å². The lowest BCUT2D eigenvalue weighted by Crippen LogP contribution is -2.40. The molecule has 4 rings (SSSR count). The number of pyridine rings is 1. The summed E-state index contributed by atoms with van der Waals surface area (Å²) in [4.78, 5) is 16.6. The second-order valence-corrected chi connectivity index (χ2v) is 8.12. The molecule has 1 saturated carbocycles. The molecule has 2 heterocycles. The number of alkyl halides is 4. The number of carbonyl (C=O) groups excluding carboxylic acids is 1. The van der Waals surface area contributed by atoms with Crippen LogP contribution in [0.5, 0.6) is 0 Å². The monoisotopic (exact) mass is 463 g/mol. The normalized spacial score (nSPS) is 18.6. The molecule has 0 aliphatic heterocycles. The van der Waals surface area contributed by atoms with Crippen molar-refractivity contribution in [2.75, 3.05) is 17.2 Å². The SMILES string of the molecule is O=C(NC1CCC(Nc2cccc3nc(C(F)F)cn23)CC1)c1cccc(NCC(F)F)c1. The van der Waals surface area contributed by atoms with Crippen LogP contribution in [0.2, 0.25) is 0 Å². The fourth-order valence-electron chi connectivity index (χ4n) is 4.08. The lowest BCUT2D eigenvalue weighted by atomic mass is 9.91. The van der Waals surface area contributed by atoms with Crippen LogP contribution in [-0.2, 0) is 0 Å². The number of imidazole rings is 1. The van der Waals surface area contributed by atoms with Crippen molar-refractivity contribution in [3.8, 4) is 0 Å². The molecule has 3 aromatic rings. The van der Waals surface area contributed by atoms with Crippen LogP contribution in [0.25, 0.3) is 5.65 Å². The molecule has 1 fully saturated rings. The van der Waals surface area contributed by atoms with Gasteiger partial charge in [-0.15, -0.1) is 0 Å². The number of benzene rings is 1. The third-order valence-electron chi connectivity index (χ3n) is 5.73. The largest absolute Gasteiger partial charge is 0.379 e. The summed E-state index contributed by atoms with van der Waals surface area (Å²) in [7, 11) is 0. The lowest BCUT2D eigenvalue weighted by molar-refractivity contribution is 0.0926. The Morgan fingerprint density at radius 3 is 2.48 bits per heavy atom. The highest BCUT2D eigenvalue weighted by Gasteiger charge is 2.24. The van der Waals surface area contributed by atoms with Crippen LogP contribution in [0.15, 0.2) is 48.7 Å². The van der Waals surface area contributed by atoms with Crippen molar-refractivity contribution in [3.05, 3.63) is 59.9 Å². The maximum Gasteiger partial charge on any atom is 0.281 e. The van der Waals surface area contributed by atoms with Gasteiger partial charge < -0.3 is 16.0 Å². The van der Waals surface area contributed by atoms with Crippen molar-refractivity contribution in [1.29, 1.82) is 0 Å². The Balaban J connectivity index is 1.31. The summed E-state index contributed by atoms with van der Waals surface area (Å²) in [5.74, 6) is 0.460. The van der Waals surface area contributed by atoms with E-state index in [0.29, 0.717) is 22.7 Å². The highest BCUT2D eigenvalue weighted by Crippen LogP contribution is 2.25. The van der Waals surface area contributed by atoms with E-state index in [1.165, 1.54) is 6.20 Å². The van der Waals surface area contributed by atoms with E-state index >= 15 is 0 Å². The smallest absolute Gasteiger partial charge is 0.281 e. The molecule has 1 aromatic carbocycles. The summed E-state index contributed by atoms with van der Waals surface area (Å²) in [5.41, 5.74) is 1.08. The molecule has 0 atom stereocenters. The Hall–Kier alpha value is -3.30. The minimum atomic E-state index is -2.63. The van der Waals surface area contributed by atoms with E-state index in [0.717, 1.165) is 25.7 Å². The third-order valence-corrected chi connectivity index (χ3v) is 5.73. The number of hydrogen-bond donors (Lipinski definition) is 3. The van der Waals surface area contributed by atoms with E-state index in [1.807, 2.05) is 6.07 Å². The van der Waals surface area contributed by atoms with Gasteiger partial charge in [0.25, 0.3) is 18.8 Å². The summed E-state index contributed by atoms with van der Waals surface area (Å²) < 4.78 is 52.4. The first-order chi connectivity index (χ1) is 15.9. The van der Waals surface area contributed by atoms with Crippen LogP contribution in [0.1, 0.15) is 48.2 Å². The molecule has 1 amide bonds. The lowest BCUT2D eigenvalue weighted by Gasteiger charge is -2.30. The third kappa shape index (κ3) is 5.74. The minimum absolute atomic E-state index is 0.00250. The number of aromatic nitrogens is 2. The summed E-state index contributed by atoms with van der Waals surface area (Å²) in [6.45, 7) is -0.474. The zero-order valence-electron chi connectivity index (χ0n) is 17.8. The van der Waals surface area contributed by atoms with Gasteiger partial charge in [-0.1, -0.05) is 12.1 Å². The van der Waals surface area contributed by atoms with Gasteiger partial charge in [0.15, 0.2) is 0 Å². The molecular formula is C23H25F4N5O. The molecule has 1 aliphatic rings. The number of carbonyl (C=O) groups is 1. The van der Waals surface area contributed by atoms with Crippen LogP contribution in [0.3, 0.4) is 0 Å². The fraction of sp³-hybridized carbons (Fsp3) is 0.391. The highest BCUT2D eigenvalue weighted by atomic mass is 19.3. The predicted octanol–water partition coefficient (Wildman–Crippen LogP) is 5.10. The van der Waals surface area contributed by atoms with Crippen molar-refractivity contribution < 1.29 is 22.4 Å². The molecule has 1 aliphatic carbocycles. The van der Waals surface area contributed by atoms with Crippen LogP contribution in [-0.4, -0.2) is 40.3 Å². The zero-order valence-corrected chi connectivity index (χ0v) is 17.8. The molecule has 3 N–H and O–H groups in total.